The summed E-state index contributed by atoms with van der Waals surface area (Å²) in [7, 11) is 0. The molecule has 1 N–H and O–H groups in total. The Morgan fingerprint density at radius 2 is 1.94 bits per heavy atom. The van der Waals surface area contributed by atoms with E-state index >= 15 is 0 Å². The van der Waals surface area contributed by atoms with Crippen molar-refractivity contribution >= 4 is 40.4 Å². The second-order valence-corrected chi connectivity index (χ2v) is 9.13. The zero-order chi connectivity index (χ0) is 22.0. The van der Waals surface area contributed by atoms with E-state index in [0.717, 1.165) is 32.9 Å². The molecule has 0 saturated carbocycles. The number of amides is 1. The van der Waals surface area contributed by atoms with Crippen molar-refractivity contribution in [2.24, 2.45) is 0 Å². The average Bonchev–Trinajstić information content (AvgIpc) is 3.39. The summed E-state index contributed by atoms with van der Waals surface area (Å²) in [5.41, 5.74) is 5.33. The third-order valence-electron chi connectivity index (χ3n) is 4.99. The minimum Gasteiger partial charge on any atom is -0.350 e. The Morgan fingerprint density at radius 3 is 2.65 bits per heavy atom. The van der Waals surface area contributed by atoms with E-state index in [4.69, 9.17) is 28.3 Å². The molecule has 0 aliphatic carbocycles. The molecular weight excluding hydrogens is 449 g/mol. The lowest BCUT2D eigenvalue weighted by Gasteiger charge is -2.11. The molecule has 0 unspecified atom stereocenters. The highest BCUT2D eigenvalue weighted by Crippen LogP contribution is 2.27. The predicted molar refractivity (Wildman–Crippen MR) is 129 cm³/mol. The van der Waals surface area contributed by atoms with E-state index in [1.165, 1.54) is 0 Å². The highest BCUT2D eigenvalue weighted by molar-refractivity contribution is 7.13. The molecule has 0 spiro atoms. The molecule has 7 heteroatoms. The van der Waals surface area contributed by atoms with E-state index in [-0.39, 0.29) is 5.91 Å². The number of carbonyl (C=O) groups excluding carboxylic acids is 1. The summed E-state index contributed by atoms with van der Waals surface area (Å²) in [6.45, 7) is 4.53. The number of benzene rings is 2. The van der Waals surface area contributed by atoms with Crippen LogP contribution in [0.2, 0.25) is 10.0 Å². The number of rotatable bonds is 6. The number of aromatic nitrogens is 2. The normalized spacial score (nSPS) is 11.0. The maximum Gasteiger partial charge on any atom is 0.270 e. The van der Waals surface area contributed by atoms with Crippen molar-refractivity contribution in [3.63, 3.8) is 0 Å². The molecule has 2 heterocycles. The van der Waals surface area contributed by atoms with Crippen LogP contribution in [0.3, 0.4) is 0 Å². The minimum absolute atomic E-state index is 0.180. The first-order valence-corrected chi connectivity index (χ1v) is 11.5. The number of halogens is 2. The fraction of sp³-hybridized carbons (Fsp3) is 0.167. The highest BCUT2D eigenvalue weighted by Gasteiger charge is 2.19. The lowest BCUT2D eigenvalue weighted by Crippen LogP contribution is -2.28. The molecule has 158 valence electrons. The molecule has 4 aromatic rings. The van der Waals surface area contributed by atoms with Gasteiger partial charge in [-0.1, -0.05) is 53.0 Å². The second-order valence-electron chi connectivity index (χ2n) is 7.34. The average molecular weight is 470 g/mol. The van der Waals surface area contributed by atoms with Crippen LogP contribution in [0.15, 0.2) is 60.0 Å². The smallest absolute Gasteiger partial charge is 0.270 e. The van der Waals surface area contributed by atoms with Crippen LogP contribution >= 0.6 is 34.5 Å². The summed E-state index contributed by atoms with van der Waals surface area (Å²) < 4.78 is 1.73. The quantitative estimate of drug-likeness (QED) is 0.350. The zero-order valence-corrected chi connectivity index (χ0v) is 19.5. The van der Waals surface area contributed by atoms with Crippen molar-refractivity contribution in [3.05, 3.63) is 92.4 Å². The molecule has 0 aliphatic rings. The highest BCUT2D eigenvalue weighted by atomic mass is 35.5. The van der Waals surface area contributed by atoms with Crippen molar-refractivity contribution in [1.82, 2.24) is 15.1 Å². The molecule has 4 rings (SSSR count). The van der Waals surface area contributed by atoms with Gasteiger partial charge in [-0.2, -0.15) is 5.10 Å². The predicted octanol–water partition coefficient (Wildman–Crippen LogP) is 6.50. The summed E-state index contributed by atoms with van der Waals surface area (Å²) in [6, 6.07) is 17.3. The summed E-state index contributed by atoms with van der Waals surface area (Å²) in [5.74, 6) is -0.180. The van der Waals surface area contributed by atoms with E-state index in [9.17, 15) is 4.79 Å². The van der Waals surface area contributed by atoms with Crippen molar-refractivity contribution in [3.8, 4) is 16.3 Å². The van der Waals surface area contributed by atoms with E-state index in [0.29, 0.717) is 28.7 Å². The Hall–Kier alpha value is -2.60. The first kappa shape index (κ1) is 21.6. The first-order valence-electron chi connectivity index (χ1n) is 9.86. The van der Waals surface area contributed by atoms with E-state index in [1.807, 2.05) is 55.6 Å². The molecule has 2 aromatic carbocycles. The van der Waals surface area contributed by atoms with Crippen molar-refractivity contribution in [2.75, 3.05) is 6.54 Å². The molecule has 4 nitrogen and oxygen atoms in total. The van der Waals surface area contributed by atoms with Gasteiger partial charge in [0.2, 0.25) is 0 Å². The minimum atomic E-state index is -0.180. The fourth-order valence-corrected chi connectivity index (χ4v) is 4.62. The maximum absolute atomic E-state index is 13.1. The Kier molecular flexibility index (Phi) is 6.46. The number of hydrogen-bond donors (Lipinski definition) is 1. The van der Waals surface area contributed by atoms with Gasteiger partial charge < -0.3 is 5.32 Å². The summed E-state index contributed by atoms with van der Waals surface area (Å²) in [4.78, 5) is 14.1. The molecule has 1 amide bonds. The number of hydrogen-bond acceptors (Lipinski definition) is 3. The molecule has 31 heavy (non-hydrogen) atoms. The van der Waals surface area contributed by atoms with Gasteiger partial charge in [-0.3, -0.25) is 4.79 Å². The molecule has 0 radical (unpaired) electrons. The third-order valence-corrected chi connectivity index (χ3v) is 6.47. The van der Waals surface area contributed by atoms with Gasteiger partial charge in [-0.15, -0.1) is 11.3 Å². The van der Waals surface area contributed by atoms with Gasteiger partial charge in [0.1, 0.15) is 11.4 Å². The van der Waals surface area contributed by atoms with Crippen molar-refractivity contribution in [2.45, 2.75) is 20.3 Å². The van der Waals surface area contributed by atoms with E-state index in [1.54, 1.807) is 28.2 Å². The van der Waals surface area contributed by atoms with Crippen LogP contribution in [0.1, 0.15) is 27.2 Å². The Morgan fingerprint density at radius 1 is 1.10 bits per heavy atom. The number of carbonyl (C=O) groups is 1. The summed E-state index contributed by atoms with van der Waals surface area (Å²) >= 11 is 13.8. The van der Waals surface area contributed by atoms with Gasteiger partial charge in [-0.25, -0.2) is 4.68 Å². The van der Waals surface area contributed by atoms with E-state index in [2.05, 4.69) is 11.4 Å². The van der Waals surface area contributed by atoms with Crippen molar-refractivity contribution < 1.29 is 4.79 Å². The Bertz CT molecular complexity index is 1230. The topological polar surface area (TPSA) is 46.9 Å². The van der Waals surface area contributed by atoms with E-state index < -0.39 is 0 Å². The largest absolute Gasteiger partial charge is 0.350 e. The third kappa shape index (κ3) is 4.85. The first-order chi connectivity index (χ1) is 14.9. The standard InChI is InChI=1S/C24H21Cl2N3OS/c1-15-5-8-21(16(2)12-15)29-22(14-20(28-29)23-4-3-11-31-23)24(30)27-10-9-17-6-7-18(25)13-19(17)26/h3-8,11-14H,9-10H2,1-2H3,(H,27,30). The summed E-state index contributed by atoms with van der Waals surface area (Å²) in [5, 5.41) is 10.9. The lowest BCUT2D eigenvalue weighted by atomic mass is 10.1. The van der Waals surface area contributed by atoms with Crippen LogP contribution in [0.25, 0.3) is 16.3 Å². The summed E-state index contributed by atoms with van der Waals surface area (Å²) in [6.07, 6.45) is 0.608. The Balaban J connectivity index is 1.60. The van der Waals surface area contributed by atoms with Crippen LogP contribution in [0, 0.1) is 13.8 Å². The molecule has 0 fully saturated rings. The van der Waals surface area contributed by atoms with Crippen molar-refractivity contribution in [1.29, 1.82) is 0 Å². The number of aryl methyl sites for hydroxylation is 2. The molecule has 0 atom stereocenters. The van der Waals surface area contributed by atoms with Gasteiger partial charge in [-0.05, 0) is 67.1 Å². The number of thiophene rings is 1. The van der Waals surface area contributed by atoms with Gasteiger partial charge in [0.25, 0.3) is 5.91 Å². The molecule has 0 saturated heterocycles. The maximum atomic E-state index is 13.1. The Labute approximate surface area is 195 Å². The van der Waals surface area contributed by atoms with Crippen LogP contribution in [-0.4, -0.2) is 22.2 Å². The molecule has 2 aromatic heterocycles. The van der Waals surface area contributed by atoms with Gasteiger partial charge >= 0.3 is 0 Å². The van der Waals surface area contributed by atoms with Gasteiger partial charge in [0.05, 0.1) is 10.6 Å². The zero-order valence-electron chi connectivity index (χ0n) is 17.2. The fourth-order valence-electron chi connectivity index (χ4n) is 3.44. The van der Waals surface area contributed by atoms with Gasteiger partial charge in [0.15, 0.2) is 0 Å². The number of nitrogens with zero attached hydrogens (tertiary/aromatic N) is 2. The van der Waals surface area contributed by atoms with Crippen LogP contribution < -0.4 is 5.32 Å². The lowest BCUT2D eigenvalue weighted by molar-refractivity contribution is 0.0946. The number of nitrogens with one attached hydrogen (secondary N) is 1. The van der Waals surface area contributed by atoms with Crippen LogP contribution in [-0.2, 0) is 6.42 Å². The monoisotopic (exact) mass is 469 g/mol. The van der Waals surface area contributed by atoms with Gasteiger partial charge in [0, 0.05) is 16.6 Å². The molecular formula is C24H21Cl2N3OS. The second kappa shape index (κ2) is 9.27. The molecule has 0 aliphatic heterocycles. The van der Waals surface area contributed by atoms with Crippen LogP contribution in [0.5, 0.6) is 0 Å². The molecule has 0 bridgehead atoms. The van der Waals surface area contributed by atoms with Crippen LogP contribution in [0.4, 0.5) is 0 Å². The SMILES string of the molecule is Cc1ccc(-n2nc(-c3cccs3)cc2C(=O)NCCc2ccc(Cl)cc2Cl)c(C)c1.